The second kappa shape index (κ2) is 11.1. The fraction of sp³-hybridized carbons (Fsp3) is 0.750. The van der Waals surface area contributed by atoms with Crippen molar-refractivity contribution in [1.82, 2.24) is 0 Å². The van der Waals surface area contributed by atoms with E-state index in [1.165, 1.54) is 0 Å². The Morgan fingerprint density at radius 2 is 1.63 bits per heavy atom. The van der Waals surface area contributed by atoms with Crippen LogP contribution < -0.4 is 0 Å². The van der Waals surface area contributed by atoms with E-state index in [1.807, 2.05) is 20.8 Å². The van der Waals surface area contributed by atoms with Crippen LogP contribution in [-0.4, -0.2) is 41.2 Å². The summed E-state index contributed by atoms with van der Waals surface area (Å²) in [6, 6.07) is 0.619. The minimum absolute atomic E-state index is 0.265. The van der Waals surface area contributed by atoms with Crippen molar-refractivity contribution in [2.75, 3.05) is 26.4 Å². The van der Waals surface area contributed by atoms with Crippen LogP contribution in [0.4, 0.5) is 0 Å². The van der Waals surface area contributed by atoms with Gasteiger partial charge in [0, 0.05) is 31.9 Å². The molecule has 0 saturated carbocycles. The lowest BCUT2D eigenvalue weighted by Crippen LogP contribution is -2.46. The van der Waals surface area contributed by atoms with Crippen molar-refractivity contribution in [3.05, 3.63) is 12.7 Å². The molecule has 0 aromatic rings. The van der Waals surface area contributed by atoms with Crippen molar-refractivity contribution in [1.29, 1.82) is 0 Å². The van der Waals surface area contributed by atoms with Gasteiger partial charge in [0.25, 0.3) is 0 Å². The standard InChI is InChI=1S/C12H24O6Si/c1-5-12(13)18-14-10-9-11-19(15-6-2,16-7-3)17-8-4/h5H,1,6-11H2,2-4H3. The molecule has 0 aliphatic heterocycles. The van der Waals surface area contributed by atoms with Crippen LogP contribution in [0.5, 0.6) is 0 Å². The smallest absolute Gasteiger partial charge is 0.374 e. The van der Waals surface area contributed by atoms with Crippen molar-refractivity contribution in [3.63, 3.8) is 0 Å². The molecule has 19 heavy (non-hydrogen) atoms. The van der Waals surface area contributed by atoms with Crippen molar-refractivity contribution in [2.24, 2.45) is 0 Å². The molecule has 0 aromatic carbocycles. The van der Waals surface area contributed by atoms with Gasteiger partial charge >= 0.3 is 14.8 Å². The maximum atomic E-state index is 10.7. The van der Waals surface area contributed by atoms with Crippen LogP contribution in [0.3, 0.4) is 0 Å². The van der Waals surface area contributed by atoms with Crippen molar-refractivity contribution >= 4 is 14.8 Å². The number of hydrogen-bond donors (Lipinski definition) is 0. The topological polar surface area (TPSA) is 63.2 Å². The van der Waals surface area contributed by atoms with Gasteiger partial charge in [-0.2, -0.15) is 4.89 Å². The first-order chi connectivity index (χ1) is 9.14. The maximum absolute atomic E-state index is 10.7. The van der Waals surface area contributed by atoms with E-state index in [0.29, 0.717) is 32.3 Å². The lowest BCUT2D eigenvalue weighted by Gasteiger charge is -2.28. The zero-order valence-electron chi connectivity index (χ0n) is 12.0. The molecule has 112 valence electrons. The molecule has 0 saturated heterocycles. The molecule has 0 aliphatic carbocycles. The summed E-state index contributed by atoms with van der Waals surface area (Å²) in [5, 5.41) is 0. The molecule has 0 atom stereocenters. The second-order valence-corrected chi connectivity index (χ2v) is 6.25. The summed E-state index contributed by atoms with van der Waals surface area (Å²) in [6.07, 6.45) is 1.66. The largest absolute Gasteiger partial charge is 0.501 e. The highest BCUT2D eigenvalue weighted by atomic mass is 28.4. The third kappa shape index (κ3) is 8.12. The second-order valence-electron chi connectivity index (χ2n) is 3.51. The predicted molar refractivity (Wildman–Crippen MR) is 72.3 cm³/mol. The van der Waals surface area contributed by atoms with Crippen molar-refractivity contribution < 1.29 is 27.8 Å². The zero-order valence-corrected chi connectivity index (χ0v) is 13.0. The maximum Gasteiger partial charge on any atom is 0.501 e. The summed E-state index contributed by atoms with van der Waals surface area (Å²) >= 11 is 0. The molecule has 0 aliphatic rings. The molecule has 0 aromatic heterocycles. The molecule has 0 unspecified atom stereocenters. The minimum Gasteiger partial charge on any atom is -0.374 e. The Morgan fingerprint density at radius 1 is 1.11 bits per heavy atom. The Bertz CT molecular complexity index is 242. The summed E-state index contributed by atoms with van der Waals surface area (Å²) in [5.41, 5.74) is 0. The van der Waals surface area contributed by atoms with E-state index in [-0.39, 0.29) is 6.61 Å². The Morgan fingerprint density at radius 3 is 2.05 bits per heavy atom. The number of rotatable bonds is 12. The highest BCUT2D eigenvalue weighted by molar-refractivity contribution is 6.60. The van der Waals surface area contributed by atoms with E-state index in [9.17, 15) is 4.79 Å². The van der Waals surface area contributed by atoms with Gasteiger partial charge in [0.1, 0.15) is 0 Å². The highest BCUT2D eigenvalue weighted by Gasteiger charge is 2.39. The van der Waals surface area contributed by atoms with Gasteiger partial charge in [-0.3, -0.25) is 4.89 Å². The van der Waals surface area contributed by atoms with Gasteiger partial charge in [0.2, 0.25) is 0 Å². The quantitative estimate of drug-likeness (QED) is 0.180. The first-order valence-corrected chi connectivity index (χ1v) is 8.45. The third-order valence-corrected chi connectivity index (χ3v) is 5.26. The van der Waals surface area contributed by atoms with E-state index in [2.05, 4.69) is 11.5 Å². The van der Waals surface area contributed by atoms with E-state index in [4.69, 9.17) is 18.2 Å². The summed E-state index contributed by atoms with van der Waals surface area (Å²) in [5.74, 6) is -0.608. The fourth-order valence-electron chi connectivity index (χ4n) is 1.48. The molecule has 0 radical (unpaired) electrons. The highest BCUT2D eigenvalue weighted by Crippen LogP contribution is 2.18. The van der Waals surface area contributed by atoms with Crippen LogP contribution in [-0.2, 0) is 27.8 Å². The zero-order chi connectivity index (χ0) is 14.6. The SMILES string of the molecule is C=CC(=O)OOCCC[Si](OCC)(OCC)OCC. The van der Waals surface area contributed by atoms with Crippen LogP contribution in [0.25, 0.3) is 0 Å². The van der Waals surface area contributed by atoms with Gasteiger partial charge in [0.15, 0.2) is 0 Å². The Balaban J connectivity index is 4.09. The average molecular weight is 292 g/mol. The molecule has 0 N–H and O–H groups in total. The van der Waals surface area contributed by atoms with Crippen molar-refractivity contribution in [2.45, 2.75) is 33.2 Å². The summed E-state index contributed by atoms with van der Waals surface area (Å²) in [7, 11) is -2.62. The van der Waals surface area contributed by atoms with Gasteiger partial charge in [-0.05, 0) is 27.2 Å². The molecule has 0 spiro atoms. The van der Waals surface area contributed by atoms with Gasteiger partial charge in [0.05, 0.1) is 6.61 Å². The van der Waals surface area contributed by atoms with Crippen LogP contribution in [0.1, 0.15) is 27.2 Å². The minimum atomic E-state index is -2.62. The predicted octanol–water partition coefficient (Wildman–Crippen LogP) is 2.09. The fourth-order valence-corrected chi connectivity index (χ4v) is 4.06. The van der Waals surface area contributed by atoms with Gasteiger partial charge < -0.3 is 13.3 Å². The summed E-state index contributed by atoms with van der Waals surface area (Å²) < 4.78 is 17.0. The first-order valence-electron chi connectivity index (χ1n) is 6.51. The lowest BCUT2D eigenvalue weighted by atomic mass is 10.5. The van der Waals surface area contributed by atoms with Crippen LogP contribution in [0.15, 0.2) is 12.7 Å². The third-order valence-electron chi connectivity index (χ3n) is 2.11. The monoisotopic (exact) mass is 292 g/mol. The number of carbonyl (C=O) groups is 1. The van der Waals surface area contributed by atoms with Gasteiger partial charge in [-0.25, -0.2) is 4.79 Å². The first kappa shape index (κ1) is 18.3. The molecule has 0 heterocycles. The normalized spacial score (nSPS) is 11.3. The van der Waals surface area contributed by atoms with Gasteiger partial charge in [-0.15, -0.1) is 0 Å². The molecule has 0 fully saturated rings. The number of carbonyl (C=O) groups excluding carboxylic acids is 1. The van der Waals surface area contributed by atoms with Crippen molar-refractivity contribution in [3.8, 4) is 0 Å². The van der Waals surface area contributed by atoms with E-state index >= 15 is 0 Å². The summed E-state index contributed by atoms with van der Waals surface area (Å²) in [4.78, 5) is 19.9. The molecular weight excluding hydrogens is 268 g/mol. The molecule has 0 rings (SSSR count). The Kier molecular flexibility index (Phi) is 10.7. The number of hydrogen-bond acceptors (Lipinski definition) is 6. The Hall–Kier alpha value is -0.733. The van der Waals surface area contributed by atoms with Crippen LogP contribution in [0, 0.1) is 0 Å². The van der Waals surface area contributed by atoms with E-state index < -0.39 is 14.8 Å². The van der Waals surface area contributed by atoms with E-state index in [0.717, 1.165) is 6.08 Å². The lowest BCUT2D eigenvalue weighted by molar-refractivity contribution is -0.267. The molecule has 0 bridgehead atoms. The average Bonchev–Trinajstić information content (AvgIpc) is 2.39. The van der Waals surface area contributed by atoms with Gasteiger partial charge in [-0.1, -0.05) is 6.58 Å². The van der Waals surface area contributed by atoms with Crippen LogP contribution in [0.2, 0.25) is 6.04 Å². The Labute approximate surface area is 115 Å². The molecule has 7 heteroatoms. The van der Waals surface area contributed by atoms with Crippen LogP contribution >= 0.6 is 0 Å². The molecule has 0 amide bonds. The molecule has 6 nitrogen and oxygen atoms in total. The summed E-state index contributed by atoms with van der Waals surface area (Å²) in [6.45, 7) is 10.9. The molecular formula is C12H24O6Si. The van der Waals surface area contributed by atoms with E-state index in [1.54, 1.807) is 0 Å².